The summed E-state index contributed by atoms with van der Waals surface area (Å²) in [4.78, 5) is 13.9. The van der Waals surface area contributed by atoms with Gasteiger partial charge in [0, 0.05) is 23.8 Å². The third kappa shape index (κ3) is 5.71. The Labute approximate surface area is 192 Å². The molecule has 0 spiro atoms. The molecule has 0 aliphatic carbocycles. The fraction of sp³-hybridized carbons (Fsp3) is 0.192. The van der Waals surface area contributed by atoms with E-state index in [1.54, 1.807) is 12.1 Å². The molecule has 4 aromatic rings. The lowest BCUT2D eigenvalue weighted by Crippen LogP contribution is -2.23. The Balaban J connectivity index is 1.66. The third-order valence-corrected chi connectivity index (χ3v) is 4.87. The van der Waals surface area contributed by atoms with Crippen molar-refractivity contribution in [2.24, 2.45) is 0 Å². The predicted octanol–water partition coefficient (Wildman–Crippen LogP) is 4.35. The quantitative estimate of drug-likeness (QED) is 0.397. The molecule has 0 bridgehead atoms. The zero-order chi connectivity index (χ0) is 23.0. The van der Waals surface area contributed by atoms with Crippen molar-refractivity contribution in [2.75, 3.05) is 19.8 Å². The maximum atomic E-state index is 10.7. The molecule has 0 aliphatic heterocycles. The van der Waals surface area contributed by atoms with Crippen LogP contribution in [0.5, 0.6) is 11.5 Å². The van der Waals surface area contributed by atoms with Gasteiger partial charge in [-0.05, 0) is 19.1 Å². The van der Waals surface area contributed by atoms with Gasteiger partial charge in [0.1, 0.15) is 24.2 Å². The Morgan fingerprint density at radius 2 is 1.33 bits per heavy atom. The van der Waals surface area contributed by atoms with Gasteiger partial charge < -0.3 is 19.7 Å². The highest BCUT2D eigenvalue weighted by Crippen LogP contribution is 2.32. The molecule has 1 aromatic heterocycles. The third-order valence-electron chi connectivity index (χ3n) is 4.87. The molecule has 168 valence electrons. The second-order valence-electron chi connectivity index (χ2n) is 7.34. The largest absolute Gasteiger partial charge is 0.507 e. The summed E-state index contributed by atoms with van der Waals surface area (Å²) in [6.07, 6.45) is -0.753. The molecule has 0 saturated heterocycles. The normalized spacial score (nSPS) is 11.8. The van der Waals surface area contributed by atoms with Gasteiger partial charge in [-0.1, -0.05) is 60.7 Å². The van der Waals surface area contributed by atoms with Crippen LogP contribution in [0.4, 0.5) is 0 Å². The molecule has 7 heteroatoms. The standard InChI is InChI=1S/C26H25N3O4/c1-2-32-16-20(30)17-33-21-13-14-22(23(31)15-21)26-28-24(18-9-5-3-6-10-18)27-25(29-26)19-11-7-4-8-12-19/h3-15,20,30-31H,2,16-17H2,1H3. The van der Waals surface area contributed by atoms with Gasteiger partial charge >= 0.3 is 0 Å². The van der Waals surface area contributed by atoms with Crippen LogP contribution in [0.2, 0.25) is 0 Å². The zero-order valence-electron chi connectivity index (χ0n) is 18.3. The first-order chi connectivity index (χ1) is 16.1. The Bertz CT molecular complexity index is 1130. The summed E-state index contributed by atoms with van der Waals surface area (Å²) in [7, 11) is 0. The summed E-state index contributed by atoms with van der Waals surface area (Å²) in [6, 6.07) is 24.1. The predicted molar refractivity (Wildman–Crippen MR) is 126 cm³/mol. The second-order valence-corrected chi connectivity index (χ2v) is 7.34. The SMILES string of the molecule is CCOCC(O)COc1ccc(-c2nc(-c3ccccc3)nc(-c3ccccc3)n2)c(O)c1. The Kier molecular flexibility index (Phi) is 7.24. The van der Waals surface area contributed by atoms with Gasteiger partial charge in [0.05, 0.1) is 12.2 Å². The maximum Gasteiger partial charge on any atom is 0.167 e. The second kappa shape index (κ2) is 10.7. The fourth-order valence-corrected chi connectivity index (χ4v) is 3.21. The molecule has 2 N–H and O–H groups in total. The molecule has 0 saturated carbocycles. The zero-order valence-corrected chi connectivity index (χ0v) is 18.3. The molecule has 1 unspecified atom stereocenters. The van der Waals surface area contributed by atoms with Gasteiger partial charge in [-0.3, -0.25) is 0 Å². The first-order valence-corrected chi connectivity index (χ1v) is 10.7. The van der Waals surface area contributed by atoms with Crippen LogP contribution < -0.4 is 4.74 Å². The van der Waals surface area contributed by atoms with Crippen molar-refractivity contribution in [1.29, 1.82) is 0 Å². The number of hydrogen-bond acceptors (Lipinski definition) is 7. The van der Waals surface area contributed by atoms with Crippen molar-refractivity contribution in [2.45, 2.75) is 13.0 Å². The summed E-state index contributed by atoms with van der Waals surface area (Å²) in [5.41, 5.74) is 2.15. The topological polar surface area (TPSA) is 97.6 Å². The van der Waals surface area contributed by atoms with Crippen molar-refractivity contribution in [3.8, 4) is 45.7 Å². The summed E-state index contributed by atoms with van der Waals surface area (Å²) in [5.74, 6) is 1.77. The molecular weight excluding hydrogens is 418 g/mol. The van der Waals surface area contributed by atoms with Gasteiger partial charge in [-0.15, -0.1) is 0 Å². The Hall–Kier alpha value is -3.81. The lowest BCUT2D eigenvalue weighted by atomic mass is 10.1. The fourth-order valence-electron chi connectivity index (χ4n) is 3.21. The maximum absolute atomic E-state index is 10.7. The van der Waals surface area contributed by atoms with E-state index in [0.29, 0.717) is 35.4 Å². The number of aromatic nitrogens is 3. The van der Waals surface area contributed by atoms with Gasteiger partial charge in [-0.25, -0.2) is 15.0 Å². The molecular formula is C26H25N3O4. The van der Waals surface area contributed by atoms with E-state index < -0.39 is 6.10 Å². The van der Waals surface area contributed by atoms with Crippen LogP contribution in [0, 0.1) is 0 Å². The monoisotopic (exact) mass is 443 g/mol. The van der Waals surface area contributed by atoms with Crippen LogP contribution in [0.25, 0.3) is 34.2 Å². The number of nitrogens with zero attached hydrogens (tertiary/aromatic N) is 3. The van der Waals surface area contributed by atoms with Crippen LogP contribution in [-0.2, 0) is 4.74 Å². The highest BCUT2D eigenvalue weighted by atomic mass is 16.5. The molecule has 0 aliphatic rings. The van der Waals surface area contributed by atoms with Gasteiger partial charge in [0.2, 0.25) is 0 Å². The van der Waals surface area contributed by atoms with Crippen molar-refractivity contribution in [1.82, 2.24) is 15.0 Å². The minimum atomic E-state index is -0.753. The summed E-state index contributed by atoms with van der Waals surface area (Å²) in [6.45, 7) is 2.63. The van der Waals surface area contributed by atoms with Gasteiger partial charge in [0.15, 0.2) is 17.5 Å². The molecule has 0 amide bonds. The van der Waals surface area contributed by atoms with Gasteiger partial charge in [0.25, 0.3) is 0 Å². The number of benzene rings is 3. The first-order valence-electron chi connectivity index (χ1n) is 10.7. The molecule has 3 aromatic carbocycles. The van der Waals surface area contributed by atoms with Crippen LogP contribution in [-0.4, -0.2) is 51.1 Å². The number of hydrogen-bond donors (Lipinski definition) is 2. The number of phenolic OH excluding ortho intramolecular Hbond substituents is 1. The van der Waals surface area contributed by atoms with Crippen LogP contribution in [0.3, 0.4) is 0 Å². The van der Waals surface area contributed by atoms with E-state index in [9.17, 15) is 10.2 Å². The molecule has 7 nitrogen and oxygen atoms in total. The number of aromatic hydroxyl groups is 1. The first kappa shape index (κ1) is 22.4. The lowest BCUT2D eigenvalue weighted by Gasteiger charge is -2.13. The smallest absolute Gasteiger partial charge is 0.167 e. The van der Waals surface area contributed by atoms with E-state index in [-0.39, 0.29) is 19.0 Å². The summed E-state index contributed by atoms with van der Waals surface area (Å²) < 4.78 is 10.8. The summed E-state index contributed by atoms with van der Waals surface area (Å²) in [5, 5.41) is 20.6. The van der Waals surface area contributed by atoms with Crippen molar-refractivity contribution < 1.29 is 19.7 Å². The van der Waals surface area contributed by atoms with E-state index in [4.69, 9.17) is 9.47 Å². The van der Waals surface area contributed by atoms with Crippen LogP contribution in [0.1, 0.15) is 6.92 Å². The molecule has 0 radical (unpaired) electrons. The molecule has 33 heavy (non-hydrogen) atoms. The van der Waals surface area contributed by atoms with Gasteiger partial charge in [-0.2, -0.15) is 0 Å². The number of ether oxygens (including phenoxy) is 2. The summed E-state index contributed by atoms with van der Waals surface area (Å²) >= 11 is 0. The Morgan fingerprint density at radius 3 is 1.88 bits per heavy atom. The highest BCUT2D eigenvalue weighted by Gasteiger charge is 2.15. The highest BCUT2D eigenvalue weighted by molar-refractivity contribution is 5.70. The molecule has 1 atom stereocenters. The molecule has 0 fully saturated rings. The van der Waals surface area contributed by atoms with Crippen molar-refractivity contribution >= 4 is 0 Å². The number of aliphatic hydroxyl groups is 1. The lowest BCUT2D eigenvalue weighted by molar-refractivity contribution is 0.0164. The number of rotatable bonds is 9. The van der Waals surface area contributed by atoms with E-state index in [2.05, 4.69) is 15.0 Å². The minimum Gasteiger partial charge on any atom is -0.507 e. The van der Waals surface area contributed by atoms with Crippen molar-refractivity contribution in [3.05, 3.63) is 78.9 Å². The van der Waals surface area contributed by atoms with E-state index in [1.807, 2.05) is 67.6 Å². The van der Waals surface area contributed by atoms with E-state index in [1.165, 1.54) is 6.07 Å². The van der Waals surface area contributed by atoms with E-state index >= 15 is 0 Å². The van der Waals surface area contributed by atoms with E-state index in [0.717, 1.165) is 11.1 Å². The van der Waals surface area contributed by atoms with Crippen LogP contribution >= 0.6 is 0 Å². The van der Waals surface area contributed by atoms with Crippen molar-refractivity contribution in [3.63, 3.8) is 0 Å². The minimum absolute atomic E-state index is 0.0315. The number of aliphatic hydroxyl groups excluding tert-OH is 1. The number of phenols is 1. The van der Waals surface area contributed by atoms with Crippen LogP contribution in [0.15, 0.2) is 78.9 Å². The Morgan fingerprint density at radius 1 is 0.758 bits per heavy atom. The average Bonchev–Trinajstić information content (AvgIpc) is 2.87. The molecule has 1 heterocycles. The molecule has 4 rings (SSSR count). The average molecular weight is 444 g/mol.